The fraction of sp³-hybridized carbons (Fsp3) is 0.0385. The van der Waals surface area contributed by atoms with Crippen LogP contribution in [0.1, 0.15) is 36.0 Å². The third-order valence-corrected chi connectivity index (χ3v) is 6.23. The number of anilines is 2. The number of carbonyl (C=O) groups excluding carboxylic acids is 3. The zero-order valence-corrected chi connectivity index (χ0v) is 19.8. The maximum Gasteiger partial charge on any atom is 0.265 e. The van der Waals surface area contributed by atoms with E-state index in [2.05, 4.69) is 16.0 Å². The second kappa shape index (κ2) is 10.9. The first-order valence-corrected chi connectivity index (χ1v) is 11.8. The first kappa shape index (κ1) is 24.0. The van der Waals surface area contributed by atoms with Gasteiger partial charge in [0.2, 0.25) is 0 Å². The van der Waals surface area contributed by atoms with Gasteiger partial charge in [0, 0.05) is 17.8 Å². The van der Waals surface area contributed by atoms with Gasteiger partial charge in [0.05, 0.1) is 21.2 Å². The number of para-hydroxylation sites is 1. The maximum atomic E-state index is 12.7. The molecule has 7 nitrogen and oxygen atoms in total. The highest BCUT2D eigenvalue weighted by Gasteiger charge is 2.13. The number of carbonyl (C=O) groups is 3. The van der Waals surface area contributed by atoms with Gasteiger partial charge in [-0.2, -0.15) is 0 Å². The van der Waals surface area contributed by atoms with Gasteiger partial charge in [0.15, 0.2) is 0 Å². The molecule has 0 aliphatic carbocycles. The molecule has 0 unspecified atom stereocenters. The van der Waals surface area contributed by atoms with Gasteiger partial charge in [0.25, 0.3) is 17.7 Å². The Labute approximate surface area is 210 Å². The van der Waals surface area contributed by atoms with Crippen molar-refractivity contribution in [2.45, 2.75) is 6.54 Å². The summed E-state index contributed by atoms with van der Waals surface area (Å²) in [4.78, 5) is 37.8. The minimum Gasteiger partial charge on any atom is -0.507 e. The minimum absolute atomic E-state index is 0.0965. The minimum atomic E-state index is -0.422. The maximum absolute atomic E-state index is 12.7. The number of thiophene rings is 1. The molecule has 0 radical (unpaired) electrons. The molecular weight excluding hydrogens is 486 g/mol. The molecule has 0 saturated carbocycles. The van der Waals surface area contributed by atoms with Gasteiger partial charge in [-0.3, -0.25) is 14.4 Å². The number of halogens is 1. The predicted molar refractivity (Wildman–Crippen MR) is 137 cm³/mol. The molecule has 3 aromatic carbocycles. The van der Waals surface area contributed by atoms with Gasteiger partial charge in [-0.05, 0) is 59.5 Å². The van der Waals surface area contributed by atoms with E-state index >= 15 is 0 Å². The van der Waals surface area contributed by atoms with Crippen molar-refractivity contribution in [1.82, 2.24) is 5.32 Å². The molecule has 0 saturated heterocycles. The van der Waals surface area contributed by atoms with Crippen LogP contribution in [0.5, 0.6) is 5.75 Å². The van der Waals surface area contributed by atoms with Crippen molar-refractivity contribution in [3.05, 3.63) is 111 Å². The Balaban J connectivity index is 1.35. The fourth-order valence-electron chi connectivity index (χ4n) is 3.21. The number of phenols is 1. The van der Waals surface area contributed by atoms with Crippen LogP contribution in [0.3, 0.4) is 0 Å². The van der Waals surface area contributed by atoms with Gasteiger partial charge in [-0.15, -0.1) is 11.3 Å². The summed E-state index contributed by atoms with van der Waals surface area (Å²) < 4.78 is 0. The zero-order chi connectivity index (χ0) is 24.8. The molecule has 4 N–H and O–H groups in total. The molecule has 35 heavy (non-hydrogen) atoms. The Morgan fingerprint density at radius 1 is 0.829 bits per heavy atom. The average molecular weight is 506 g/mol. The Morgan fingerprint density at radius 2 is 1.60 bits per heavy atom. The summed E-state index contributed by atoms with van der Waals surface area (Å²) in [6, 6.07) is 21.4. The lowest BCUT2D eigenvalue weighted by atomic mass is 10.1. The highest BCUT2D eigenvalue weighted by Crippen LogP contribution is 2.24. The lowest BCUT2D eigenvalue weighted by Gasteiger charge is -2.10. The second-order valence-electron chi connectivity index (χ2n) is 7.48. The standard InChI is InChI=1S/C26H20ClN3O4S/c27-20-12-9-17(14-21(20)30-26(34)23-6-3-13-35-23)24(32)28-15-16-7-10-18(11-8-16)29-25(33)19-4-1-2-5-22(19)31/h1-14,31H,15H2,(H,28,32)(H,29,33)(H,30,34). The topological polar surface area (TPSA) is 108 Å². The summed E-state index contributed by atoms with van der Waals surface area (Å²) in [6.45, 7) is 0.256. The van der Waals surface area contributed by atoms with E-state index in [0.717, 1.165) is 5.56 Å². The number of aromatic hydroxyl groups is 1. The molecule has 3 amide bonds. The molecule has 0 atom stereocenters. The quantitative estimate of drug-likeness (QED) is 0.264. The Kier molecular flexibility index (Phi) is 7.45. The number of hydrogen-bond donors (Lipinski definition) is 4. The van der Waals surface area contributed by atoms with E-state index in [1.165, 1.54) is 29.5 Å². The van der Waals surface area contributed by atoms with Crippen LogP contribution in [0, 0.1) is 0 Å². The number of benzene rings is 3. The summed E-state index contributed by atoms with van der Waals surface area (Å²) >= 11 is 7.50. The van der Waals surface area contributed by atoms with Crippen LogP contribution >= 0.6 is 22.9 Å². The van der Waals surface area contributed by atoms with Crippen LogP contribution < -0.4 is 16.0 Å². The van der Waals surface area contributed by atoms with Crippen molar-refractivity contribution in [1.29, 1.82) is 0 Å². The lowest BCUT2D eigenvalue weighted by Crippen LogP contribution is -2.23. The number of nitrogens with one attached hydrogen (secondary N) is 3. The SMILES string of the molecule is O=C(NCc1ccc(NC(=O)c2ccccc2O)cc1)c1ccc(Cl)c(NC(=O)c2cccs2)c1. The molecule has 0 spiro atoms. The Morgan fingerprint density at radius 3 is 2.31 bits per heavy atom. The van der Waals surface area contributed by atoms with Gasteiger partial charge < -0.3 is 21.1 Å². The third-order valence-electron chi connectivity index (χ3n) is 5.04. The average Bonchev–Trinajstić information content (AvgIpc) is 3.40. The molecule has 0 aliphatic rings. The summed E-state index contributed by atoms with van der Waals surface area (Å²) in [5, 5.41) is 20.2. The molecule has 9 heteroatoms. The molecule has 1 heterocycles. The molecule has 176 valence electrons. The third kappa shape index (κ3) is 6.06. The molecule has 0 aliphatic heterocycles. The highest BCUT2D eigenvalue weighted by atomic mass is 35.5. The van der Waals surface area contributed by atoms with Gasteiger partial charge in [-0.25, -0.2) is 0 Å². The highest BCUT2D eigenvalue weighted by molar-refractivity contribution is 7.12. The normalized spacial score (nSPS) is 10.4. The van der Waals surface area contributed by atoms with Crippen LogP contribution in [0.4, 0.5) is 11.4 Å². The number of hydrogen-bond acceptors (Lipinski definition) is 5. The predicted octanol–water partition coefficient (Wildman–Crippen LogP) is 5.54. The van der Waals surface area contributed by atoms with E-state index in [-0.39, 0.29) is 29.7 Å². The zero-order valence-electron chi connectivity index (χ0n) is 18.2. The summed E-state index contributed by atoms with van der Waals surface area (Å²) in [5.74, 6) is -1.14. The number of rotatable bonds is 7. The molecule has 1 aromatic heterocycles. The fourth-order valence-corrected chi connectivity index (χ4v) is 3.99. The first-order valence-electron chi connectivity index (χ1n) is 10.5. The van der Waals surface area contributed by atoms with Crippen LogP contribution in [0.25, 0.3) is 0 Å². The summed E-state index contributed by atoms with van der Waals surface area (Å²) in [7, 11) is 0. The number of phenolic OH excluding ortho intramolecular Hbond substituents is 1. The summed E-state index contributed by atoms with van der Waals surface area (Å²) in [5.41, 5.74) is 2.25. The number of amides is 3. The Hall–Kier alpha value is -4.14. The lowest BCUT2D eigenvalue weighted by molar-refractivity contribution is 0.0949. The van der Waals surface area contributed by atoms with Crippen LogP contribution in [-0.4, -0.2) is 22.8 Å². The van der Waals surface area contributed by atoms with Gasteiger partial charge in [0.1, 0.15) is 5.75 Å². The molecule has 0 fully saturated rings. The van der Waals surface area contributed by atoms with Crippen LogP contribution in [-0.2, 0) is 6.54 Å². The largest absolute Gasteiger partial charge is 0.507 e. The van der Waals surface area contributed by atoms with E-state index in [0.29, 0.717) is 26.8 Å². The summed E-state index contributed by atoms with van der Waals surface area (Å²) in [6.07, 6.45) is 0. The first-order chi connectivity index (χ1) is 16.9. The van der Waals surface area contributed by atoms with E-state index in [1.54, 1.807) is 66.0 Å². The van der Waals surface area contributed by atoms with E-state index in [1.807, 2.05) is 0 Å². The van der Waals surface area contributed by atoms with Crippen molar-refractivity contribution in [3.63, 3.8) is 0 Å². The molecular formula is C26H20ClN3O4S. The van der Waals surface area contributed by atoms with Crippen molar-refractivity contribution in [2.75, 3.05) is 10.6 Å². The van der Waals surface area contributed by atoms with Crippen LogP contribution in [0.2, 0.25) is 5.02 Å². The van der Waals surface area contributed by atoms with Gasteiger partial charge in [-0.1, -0.05) is 41.9 Å². The Bertz CT molecular complexity index is 1370. The molecule has 4 aromatic rings. The molecule has 4 rings (SSSR count). The van der Waals surface area contributed by atoms with E-state index in [4.69, 9.17) is 11.6 Å². The smallest absolute Gasteiger partial charge is 0.265 e. The van der Waals surface area contributed by atoms with E-state index in [9.17, 15) is 19.5 Å². The van der Waals surface area contributed by atoms with Crippen molar-refractivity contribution in [3.8, 4) is 5.75 Å². The monoisotopic (exact) mass is 505 g/mol. The second-order valence-corrected chi connectivity index (χ2v) is 8.83. The van der Waals surface area contributed by atoms with Crippen LogP contribution in [0.15, 0.2) is 84.2 Å². The van der Waals surface area contributed by atoms with Crippen molar-refractivity contribution >= 4 is 52.0 Å². The van der Waals surface area contributed by atoms with Crippen molar-refractivity contribution in [2.24, 2.45) is 0 Å². The molecule has 0 bridgehead atoms. The van der Waals surface area contributed by atoms with Gasteiger partial charge >= 0.3 is 0 Å². The van der Waals surface area contributed by atoms with Crippen molar-refractivity contribution < 1.29 is 19.5 Å². The van der Waals surface area contributed by atoms with E-state index < -0.39 is 5.91 Å².